The molecular formula is C26H30N2O7. The highest BCUT2D eigenvalue weighted by Crippen LogP contribution is 2.44. The van der Waals surface area contributed by atoms with E-state index in [1.54, 1.807) is 6.92 Å². The van der Waals surface area contributed by atoms with Gasteiger partial charge in [0.15, 0.2) is 0 Å². The highest BCUT2D eigenvalue weighted by Gasteiger charge is 2.29. The Hall–Kier alpha value is -3.88. The molecule has 1 unspecified atom stereocenters. The molecule has 35 heavy (non-hydrogen) atoms. The third-order valence-electron chi connectivity index (χ3n) is 6.09. The second kappa shape index (κ2) is 12.0. The number of carboxylic acid groups (broad SMARTS) is 1. The van der Waals surface area contributed by atoms with Gasteiger partial charge in [-0.15, -0.1) is 0 Å². The minimum atomic E-state index is -1.35. The molecule has 2 aromatic rings. The van der Waals surface area contributed by atoms with Crippen LogP contribution in [0.1, 0.15) is 43.2 Å². The first-order valence-corrected chi connectivity index (χ1v) is 11.5. The van der Waals surface area contributed by atoms with E-state index in [9.17, 15) is 24.3 Å². The van der Waals surface area contributed by atoms with Crippen molar-refractivity contribution in [2.24, 2.45) is 5.92 Å². The monoisotopic (exact) mass is 482 g/mol. The number of rotatable bonds is 11. The minimum Gasteiger partial charge on any atom is -0.480 e. The number of nitrogens with one attached hydrogen (secondary N) is 2. The Bertz CT molecular complexity index is 1040. The Labute approximate surface area is 203 Å². The fourth-order valence-corrected chi connectivity index (χ4v) is 4.14. The SMILES string of the molecule is COC(=O)C[C@H](NC(=O)C(C)CCCNC(=O)OCC1c2ccccc2-c2ccccc21)C(=O)O. The number of methoxy groups -OCH3 is 1. The van der Waals surface area contributed by atoms with Gasteiger partial charge in [0.05, 0.1) is 13.5 Å². The number of hydrogen-bond donors (Lipinski definition) is 3. The quantitative estimate of drug-likeness (QED) is 0.331. The molecule has 0 saturated heterocycles. The molecule has 2 atom stereocenters. The molecule has 0 spiro atoms. The molecule has 3 rings (SSSR count). The van der Waals surface area contributed by atoms with Crippen LogP contribution in [0.5, 0.6) is 0 Å². The number of carbonyl (C=O) groups is 4. The Morgan fingerprint density at radius 1 is 1.00 bits per heavy atom. The first kappa shape index (κ1) is 25.7. The molecule has 9 nitrogen and oxygen atoms in total. The van der Waals surface area contributed by atoms with E-state index in [1.807, 2.05) is 36.4 Å². The summed E-state index contributed by atoms with van der Waals surface area (Å²) in [6.45, 7) is 2.17. The van der Waals surface area contributed by atoms with E-state index in [0.717, 1.165) is 29.4 Å². The molecule has 0 aromatic heterocycles. The number of esters is 1. The van der Waals surface area contributed by atoms with E-state index in [2.05, 4.69) is 27.5 Å². The van der Waals surface area contributed by atoms with Gasteiger partial charge in [-0.25, -0.2) is 9.59 Å². The van der Waals surface area contributed by atoms with Gasteiger partial charge in [0.25, 0.3) is 0 Å². The summed E-state index contributed by atoms with van der Waals surface area (Å²) in [6.07, 6.45) is -0.0747. The first-order valence-electron chi connectivity index (χ1n) is 11.5. The van der Waals surface area contributed by atoms with Crippen molar-refractivity contribution in [1.82, 2.24) is 10.6 Å². The number of ether oxygens (including phenoxy) is 2. The number of fused-ring (bicyclic) bond motifs is 3. The van der Waals surface area contributed by atoms with Crippen molar-refractivity contribution in [3.05, 3.63) is 59.7 Å². The molecule has 0 radical (unpaired) electrons. The lowest BCUT2D eigenvalue weighted by molar-refractivity contribution is -0.149. The summed E-state index contributed by atoms with van der Waals surface area (Å²) in [5.41, 5.74) is 4.57. The van der Waals surface area contributed by atoms with Crippen LogP contribution >= 0.6 is 0 Å². The van der Waals surface area contributed by atoms with Gasteiger partial charge in [-0.3, -0.25) is 9.59 Å². The second-order valence-electron chi connectivity index (χ2n) is 8.48. The van der Waals surface area contributed by atoms with Crippen molar-refractivity contribution in [2.45, 2.75) is 38.1 Å². The summed E-state index contributed by atoms with van der Waals surface area (Å²) in [5, 5.41) is 14.2. The highest BCUT2D eigenvalue weighted by molar-refractivity contribution is 5.88. The van der Waals surface area contributed by atoms with Crippen LogP contribution in [-0.2, 0) is 23.9 Å². The highest BCUT2D eigenvalue weighted by atomic mass is 16.5. The Kier molecular flexibility index (Phi) is 8.83. The molecule has 0 aliphatic heterocycles. The van der Waals surface area contributed by atoms with E-state index < -0.39 is 42.3 Å². The van der Waals surface area contributed by atoms with E-state index in [-0.39, 0.29) is 12.5 Å². The normalized spacial score (nSPS) is 13.7. The van der Waals surface area contributed by atoms with Gasteiger partial charge in [0.2, 0.25) is 5.91 Å². The number of alkyl carbamates (subject to hydrolysis) is 1. The van der Waals surface area contributed by atoms with Crippen molar-refractivity contribution < 1.29 is 33.8 Å². The zero-order valence-corrected chi connectivity index (χ0v) is 19.8. The number of amides is 2. The largest absolute Gasteiger partial charge is 0.480 e. The number of aliphatic carboxylic acids is 1. The molecule has 9 heteroatoms. The lowest BCUT2D eigenvalue weighted by Crippen LogP contribution is -2.44. The summed E-state index contributed by atoms with van der Waals surface area (Å²) in [7, 11) is 1.15. The lowest BCUT2D eigenvalue weighted by atomic mass is 9.98. The predicted molar refractivity (Wildman–Crippen MR) is 128 cm³/mol. The molecule has 0 heterocycles. The molecule has 0 saturated carbocycles. The minimum absolute atomic E-state index is 0.0240. The van der Waals surface area contributed by atoms with Crippen molar-refractivity contribution in [1.29, 1.82) is 0 Å². The van der Waals surface area contributed by atoms with Crippen LogP contribution in [0.25, 0.3) is 11.1 Å². The van der Waals surface area contributed by atoms with Crippen molar-refractivity contribution in [3.63, 3.8) is 0 Å². The van der Waals surface area contributed by atoms with Crippen LogP contribution in [0, 0.1) is 5.92 Å². The van der Waals surface area contributed by atoms with Crippen LogP contribution in [0.3, 0.4) is 0 Å². The number of carboxylic acids is 1. The van der Waals surface area contributed by atoms with E-state index in [1.165, 1.54) is 0 Å². The summed E-state index contributed by atoms with van der Waals surface area (Å²) >= 11 is 0. The van der Waals surface area contributed by atoms with Crippen LogP contribution in [0.15, 0.2) is 48.5 Å². The molecule has 0 bridgehead atoms. The molecular weight excluding hydrogens is 452 g/mol. The third kappa shape index (κ3) is 6.59. The lowest BCUT2D eigenvalue weighted by Gasteiger charge is -2.17. The van der Waals surface area contributed by atoms with Gasteiger partial charge in [-0.05, 0) is 35.1 Å². The molecule has 3 N–H and O–H groups in total. The second-order valence-corrected chi connectivity index (χ2v) is 8.48. The fourth-order valence-electron chi connectivity index (χ4n) is 4.14. The van der Waals surface area contributed by atoms with Gasteiger partial charge in [-0.2, -0.15) is 0 Å². The molecule has 2 amide bonds. The van der Waals surface area contributed by atoms with Gasteiger partial charge < -0.3 is 25.2 Å². The van der Waals surface area contributed by atoms with E-state index >= 15 is 0 Å². The Morgan fingerprint density at radius 2 is 1.60 bits per heavy atom. The zero-order chi connectivity index (χ0) is 25.4. The summed E-state index contributed by atoms with van der Waals surface area (Å²) in [6, 6.07) is 14.8. The molecule has 1 aliphatic rings. The maximum absolute atomic E-state index is 12.3. The number of hydrogen-bond acceptors (Lipinski definition) is 6. The standard InChI is InChI=1S/C26H30N2O7/c1-16(24(30)28-22(25(31)32)14-23(29)34-2)8-7-13-27-26(33)35-15-21-19-11-5-3-9-17(19)18-10-4-6-12-20(18)21/h3-6,9-12,16,21-22H,7-8,13-15H2,1-2H3,(H,27,33)(H,28,30)(H,31,32)/t16?,22-/m0/s1. The molecule has 1 aliphatic carbocycles. The van der Waals surface area contributed by atoms with E-state index in [0.29, 0.717) is 19.4 Å². The third-order valence-corrected chi connectivity index (χ3v) is 6.09. The van der Waals surface area contributed by atoms with Gasteiger partial charge in [0.1, 0.15) is 12.6 Å². The zero-order valence-electron chi connectivity index (χ0n) is 19.8. The molecule has 2 aromatic carbocycles. The summed E-state index contributed by atoms with van der Waals surface area (Å²) in [5.74, 6) is -3.05. The average molecular weight is 483 g/mol. The van der Waals surface area contributed by atoms with Gasteiger partial charge in [0, 0.05) is 18.4 Å². The van der Waals surface area contributed by atoms with Crippen LogP contribution in [0.2, 0.25) is 0 Å². The number of carbonyl (C=O) groups excluding carboxylic acids is 3. The van der Waals surface area contributed by atoms with E-state index in [4.69, 9.17) is 4.74 Å². The van der Waals surface area contributed by atoms with Gasteiger partial charge in [-0.1, -0.05) is 55.5 Å². The Balaban J connectivity index is 1.41. The first-order chi connectivity index (χ1) is 16.8. The maximum Gasteiger partial charge on any atom is 0.407 e. The predicted octanol–water partition coefficient (Wildman–Crippen LogP) is 3.07. The van der Waals surface area contributed by atoms with Crippen molar-refractivity contribution >= 4 is 23.9 Å². The summed E-state index contributed by atoms with van der Waals surface area (Å²) < 4.78 is 9.94. The molecule has 186 valence electrons. The fraction of sp³-hybridized carbons (Fsp3) is 0.385. The Morgan fingerprint density at radius 3 is 2.17 bits per heavy atom. The summed E-state index contributed by atoms with van der Waals surface area (Å²) in [4.78, 5) is 47.1. The average Bonchev–Trinajstić information content (AvgIpc) is 3.18. The topological polar surface area (TPSA) is 131 Å². The van der Waals surface area contributed by atoms with Crippen molar-refractivity contribution in [2.75, 3.05) is 20.3 Å². The van der Waals surface area contributed by atoms with Crippen molar-refractivity contribution in [3.8, 4) is 11.1 Å². The number of benzene rings is 2. The smallest absolute Gasteiger partial charge is 0.407 e. The van der Waals surface area contributed by atoms with Crippen LogP contribution in [-0.4, -0.2) is 55.3 Å². The van der Waals surface area contributed by atoms with Gasteiger partial charge >= 0.3 is 18.0 Å². The molecule has 0 fully saturated rings. The maximum atomic E-state index is 12.3. The van der Waals surface area contributed by atoms with Crippen LogP contribution in [0.4, 0.5) is 4.79 Å². The van der Waals surface area contributed by atoms with Crippen LogP contribution < -0.4 is 10.6 Å².